The summed E-state index contributed by atoms with van der Waals surface area (Å²) in [5.41, 5.74) is 3.85. The van der Waals surface area contributed by atoms with Gasteiger partial charge in [0.15, 0.2) is 0 Å². The van der Waals surface area contributed by atoms with Gasteiger partial charge in [-0.2, -0.15) is 0 Å². The third kappa shape index (κ3) is 4.27. The van der Waals surface area contributed by atoms with Crippen LogP contribution in [0.15, 0.2) is 53.0 Å². The van der Waals surface area contributed by atoms with Crippen molar-refractivity contribution in [2.24, 2.45) is 0 Å². The summed E-state index contributed by atoms with van der Waals surface area (Å²) in [5.74, 6) is 0.299. The standard InChI is InChI=1S/C21H24BrNO/c1-16-7-9-17(10-8-16)4-2-6-21(24)23-15-3-5-20(23)18-11-13-19(22)14-12-18/h7-14,20H,2-6,15H2,1H3. The highest BCUT2D eigenvalue weighted by Gasteiger charge is 2.29. The number of hydrogen-bond acceptors (Lipinski definition) is 1. The molecule has 1 amide bonds. The van der Waals surface area contributed by atoms with Crippen molar-refractivity contribution in [3.63, 3.8) is 0 Å². The highest BCUT2D eigenvalue weighted by atomic mass is 79.9. The first-order chi connectivity index (χ1) is 11.6. The van der Waals surface area contributed by atoms with Crippen molar-refractivity contribution >= 4 is 21.8 Å². The number of likely N-dealkylation sites (tertiary alicyclic amines) is 1. The Balaban J connectivity index is 1.55. The molecule has 126 valence electrons. The van der Waals surface area contributed by atoms with E-state index in [9.17, 15) is 4.79 Å². The maximum absolute atomic E-state index is 12.7. The summed E-state index contributed by atoms with van der Waals surface area (Å²) in [6.45, 7) is 2.99. The summed E-state index contributed by atoms with van der Waals surface area (Å²) in [7, 11) is 0. The zero-order valence-corrected chi connectivity index (χ0v) is 15.8. The highest BCUT2D eigenvalue weighted by molar-refractivity contribution is 9.10. The lowest BCUT2D eigenvalue weighted by Gasteiger charge is -2.25. The van der Waals surface area contributed by atoms with Crippen molar-refractivity contribution in [3.8, 4) is 0 Å². The Kier molecular flexibility index (Phi) is 5.72. The van der Waals surface area contributed by atoms with Crippen LogP contribution in [-0.2, 0) is 11.2 Å². The molecule has 1 heterocycles. The van der Waals surface area contributed by atoms with E-state index in [0.29, 0.717) is 12.3 Å². The van der Waals surface area contributed by atoms with Crippen LogP contribution in [0.5, 0.6) is 0 Å². The van der Waals surface area contributed by atoms with Gasteiger partial charge in [0, 0.05) is 17.4 Å². The summed E-state index contributed by atoms with van der Waals surface area (Å²) >= 11 is 3.48. The molecule has 1 fully saturated rings. The molecule has 3 heteroatoms. The van der Waals surface area contributed by atoms with Gasteiger partial charge in [0.1, 0.15) is 0 Å². The highest BCUT2D eigenvalue weighted by Crippen LogP contribution is 2.33. The molecule has 0 bridgehead atoms. The number of aryl methyl sites for hydroxylation is 2. The third-order valence-corrected chi connectivity index (χ3v) is 5.33. The number of rotatable bonds is 5. The molecule has 1 unspecified atom stereocenters. The van der Waals surface area contributed by atoms with Crippen molar-refractivity contribution in [1.82, 2.24) is 4.90 Å². The zero-order chi connectivity index (χ0) is 16.9. The lowest BCUT2D eigenvalue weighted by Crippen LogP contribution is -2.30. The zero-order valence-electron chi connectivity index (χ0n) is 14.2. The number of benzene rings is 2. The van der Waals surface area contributed by atoms with E-state index < -0.39 is 0 Å². The molecule has 1 saturated heterocycles. The molecule has 0 N–H and O–H groups in total. The molecule has 2 aromatic carbocycles. The van der Waals surface area contributed by atoms with E-state index in [2.05, 4.69) is 76.3 Å². The normalized spacial score (nSPS) is 17.2. The molecule has 24 heavy (non-hydrogen) atoms. The first-order valence-corrected chi connectivity index (χ1v) is 9.53. The number of carbonyl (C=O) groups is 1. The average molecular weight is 386 g/mol. The van der Waals surface area contributed by atoms with Crippen LogP contribution in [0.2, 0.25) is 0 Å². The summed E-state index contributed by atoms with van der Waals surface area (Å²) in [6, 6.07) is 17.3. The number of nitrogens with zero attached hydrogens (tertiary/aromatic N) is 1. The summed E-state index contributed by atoms with van der Waals surface area (Å²) in [5, 5.41) is 0. The van der Waals surface area contributed by atoms with Gasteiger partial charge in [-0.15, -0.1) is 0 Å². The molecule has 0 radical (unpaired) electrons. The molecule has 1 aliphatic rings. The number of halogens is 1. The first kappa shape index (κ1) is 17.2. The van der Waals surface area contributed by atoms with Crippen molar-refractivity contribution in [2.75, 3.05) is 6.54 Å². The average Bonchev–Trinajstić information content (AvgIpc) is 3.07. The fourth-order valence-corrected chi connectivity index (χ4v) is 3.70. The van der Waals surface area contributed by atoms with Gasteiger partial charge in [-0.1, -0.05) is 57.9 Å². The van der Waals surface area contributed by atoms with E-state index >= 15 is 0 Å². The molecule has 3 rings (SSSR count). The Bertz CT molecular complexity index is 678. The minimum Gasteiger partial charge on any atom is -0.336 e. The Hall–Kier alpha value is -1.61. The maximum atomic E-state index is 12.7. The van der Waals surface area contributed by atoms with Gasteiger partial charge in [-0.3, -0.25) is 4.79 Å². The van der Waals surface area contributed by atoms with Gasteiger partial charge in [0.25, 0.3) is 0 Å². The molecule has 1 aliphatic heterocycles. The lowest BCUT2D eigenvalue weighted by molar-refractivity contribution is -0.132. The van der Waals surface area contributed by atoms with Crippen LogP contribution in [0.1, 0.15) is 48.4 Å². The van der Waals surface area contributed by atoms with Crippen LogP contribution < -0.4 is 0 Å². The second kappa shape index (κ2) is 7.98. The van der Waals surface area contributed by atoms with Crippen LogP contribution in [0.3, 0.4) is 0 Å². The minimum absolute atomic E-state index is 0.255. The fourth-order valence-electron chi connectivity index (χ4n) is 3.44. The minimum atomic E-state index is 0.255. The van der Waals surface area contributed by atoms with Crippen molar-refractivity contribution < 1.29 is 4.79 Å². The Morgan fingerprint density at radius 3 is 2.54 bits per heavy atom. The predicted octanol–water partition coefficient (Wildman–Crippen LogP) is 5.44. The Labute approximate surface area is 153 Å². The third-order valence-electron chi connectivity index (χ3n) is 4.80. The SMILES string of the molecule is Cc1ccc(CCCC(=O)N2CCCC2c2ccc(Br)cc2)cc1. The largest absolute Gasteiger partial charge is 0.336 e. The molecule has 2 aromatic rings. The second-order valence-corrected chi connectivity index (χ2v) is 7.55. The van der Waals surface area contributed by atoms with E-state index in [1.807, 2.05) is 0 Å². The molecule has 0 aromatic heterocycles. The van der Waals surface area contributed by atoms with E-state index in [1.54, 1.807) is 0 Å². The number of hydrogen-bond donors (Lipinski definition) is 0. The summed E-state index contributed by atoms with van der Waals surface area (Å²) < 4.78 is 1.08. The van der Waals surface area contributed by atoms with Gasteiger partial charge >= 0.3 is 0 Å². The van der Waals surface area contributed by atoms with Gasteiger partial charge in [0.2, 0.25) is 5.91 Å². The monoisotopic (exact) mass is 385 g/mol. The molecule has 0 saturated carbocycles. The maximum Gasteiger partial charge on any atom is 0.223 e. The van der Waals surface area contributed by atoms with Crippen LogP contribution in [0.4, 0.5) is 0 Å². The lowest BCUT2D eigenvalue weighted by atomic mass is 10.0. The van der Waals surface area contributed by atoms with Gasteiger partial charge in [0.05, 0.1) is 6.04 Å². The van der Waals surface area contributed by atoms with Crippen LogP contribution in [0.25, 0.3) is 0 Å². The van der Waals surface area contributed by atoms with Crippen LogP contribution in [-0.4, -0.2) is 17.4 Å². The molecule has 0 spiro atoms. The van der Waals surface area contributed by atoms with Crippen LogP contribution in [0, 0.1) is 6.92 Å². The Morgan fingerprint density at radius 2 is 1.83 bits per heavy atom. The molecular weight excluding hydrogens is 362 g/mol. The molecule has 1 atom stereocenters. The summed E-state index contributed by atoms with van der Waals surface area (Å²) in [4.78, 5) is 14.7. The van der Waals surface area contributed by atoms with E-state index in [0.717, 1.165) is 36.7 Å². The first-order valence-electron chi connectivity index (χ1n) is 8.74. The van der Waals surface area contributed by atoms with E-state index in [4.69, 9.17) is 0 Å². The molecular formula is C21H24BrNO. The van der Waals surface area contributed by atoms with E-state index in [-0.39, 0.29) is 6.04 Å². The number of amides is 1. The smallest absolute Gasteiger partial charge is 0.223 e. The molecule has 2 nitrogen and oxygen atoms in total. The van der Waals surface area contributed by atoms with Crippen molar-refractivity contribution in [1.29, 1.82) is 0 Å². The quantitative estimate of drug-likeness (QED) is 0.670. The van der Waals surface area contributed by atoms with E-state index in [1.165, 1.54) is 16.7 Å². The predicted molar refractivity (Wildman–Crippen MR) is 102 cm³/mol. The second-order valence-electron chi connectivity index (χ2n) is 6.64. The van der Waals surface area contributed by atoms with Crippen molar-refractivity contribution in [2.45, 2.75) is 45.1 Å². The number of carbonyl (C=O) groups excluding carboxylic acids is 1. The summed E-state index contributed by atoms with van der Waals surface area (Å²) in [6.07, 6.45) is 4.71. The van der Waals surface area contributed by atoms with Gasteiger partial charge in [-0.25, -0.2) is 0 Å². The van der Waals surface area contributed by atoms with Gasteiger partial charge in [-0.05, 0) is 55.9 Å². The van der Waals surface area contributed by atoms with Gasteiger partial charge < -0.3 is 4.90 Å². The van der Waals surface area contributed by atoms with Crippen LogP contribution >= 0.6 is 15.9 Å². The molecule has 0 aliphatic carbocycles. The van der Waals surface area contributed by atoms with Crippen molar-refractivity contribution in [3.05, 3.63) is 69.7 Å². The topological polar surface area (TPSA) is 20.3 Å². The fraction of sp³-hybridized carbons (Fsp3) is 0.381. The Morgan fingerprint density at radius 1 is 1.12 bits per heavy atom.